The first-order valence-electron chi connectivity index (χ1n) is 7.89. The fourth-order valence-corrected chi connectivity index (χ4v) is 3.45. The highest BCUT2D eigenvalue weighted by atomic mass is 35.5. The van der Waals surface area contributed by atoms with Crippen LogP contribution in [0.25, 0.3) is 0 Å². The monoisotopic (exact) mass is 324 g/mol. The van der Waals surface area contributed by atoms with Gasteiger partial charge >= 0.3 is 5.97 Å². The number of carboxylic acids is 1. The summed E-state index contributed by atoms with van der Waals surface area (Å²) in [7, 11) is 1.91. The molecule has 1 aromatic rings. The maximum absolute atomic E-state index is 10.9. The van der Waals surface area contributed by atoms with E-state index >= 15 is 0 Å². The Morgan fingerprint density at radius 1 is 1.45 bits per heavy atom. The Hall–Kier alpha value is -1.10. The van der Waals surface area contributed by atoms with Crippen molar-refractivity contribution in [1.29, 1.82) is 0 Å². The maximum Gasteiger partial charge on any atom is 0.317 e. The quantitative estimate of drug-likeness (QED) is 0.902. The van der Waals surface area contributed by atoms with E-state index in [4.69, 9.17) is 16.7 Å². The van der Waals surface area contributed by atoms with Gasteiger partial charge in [-0.2, -0.15) is 0 Å². The Bertz CT molecular complexity index is 509. The molecule has 1 fully saturated rings. The van der Waals surface area contributed by atoms with E-state index in [-0.39, 0.29) is 6.54 Å². The van der Waals surface area contributed by atoms with E-state index in [2.05, 4.69) is 17.9 Å². The fraction of sp³-hybridized carbons (Fsp3) is 0.588. The molecule has 2 rings (SSSR count). The molecule has 1 aliphatic heterocycles. The summed E-state index contributed by atoms with van der Waals surface area (Å²) < 4.78 is 0. The number of likely N-dealkylation sites (tertiary alicyclic amines) is 1. The van der Waals surface area contributed by atoms with Crippen molar-refractivity contribution in [3.8, 4) is 0 Å². The smallest absolute Gasteiger partial charge is 0.317 e. The van der Waals surface area contributed by atoms with Crippen molar-refractivity contribution in [3.63, 3.8) is 0 Å². The number of likely N-dealkylation sites (N-methyl/N-ethyl adjacent to an activating group) is 1. The summed E-state index contributed by atoms with van der Waals surface area (Å²) in [5.74, 6) is -0.754. The zero-order valence-corrected chi connectivity index (χ0v) is 14.1. The van der Waals surface area contributed by atoms with Gasteiger partial charge < -0.3 is 5.11 Å². The van der Waals surface area contributed by atoms with Crippen LogP contribution in [0.1, 0.15) is 37.8 Å². The molecule has 0 aliphatic carbocycles. The highest BCUT2D eigenvalue weighted by Crippen LogP contribution is 2.26. The second kappa shape index (κ2) is 7.95. The van der Waals surface area contributed by atoms with Gasteiger partial charge in [0.2, 0.25) is 0 Å². The molecule has 0 aromatic heterocycles. The minimum Gasteiger partial charge on any atom is -0.480 e. The lowest BCUT2D eigenvalue weighted by Crippen LogP contribution is -2.36. The predicted octanol–water partition coefficient (Wildman–Crippen LogP) is 3.27. The Labute approximate surface area is 137 Å². The van der Waals surface area contributed by atoms with Crippen molar-refractivity contribution in [2.24, 2.45) is 0 Å². The molecule has 1 N–H and O–H groups in total. The molecule has 4 nitrogen and oxygen atoms in total. The topological polar surface area (TPSA) is 43.8 Å². The molecule has 0 saturated carbocycles. The largest absolute Gasteiger partial charge is 0.480 e. The molecule has 5 heteroatoms. The summed E-state index contributed by atoms with van der Waals surface area (Å²) in [4.78, 5) is 15.3. The van der Waals surface area contributed by atoms with E-state index in [0.29, 0.717) is 12.1 Å². The zero-order chi connectivity index (χ0) is 16.1. The summed E-state index contributed by atoms with van der Waals surface area (Å²) in [5.41, 5.74) is 1.24. The van der Waals surface area contributed by atoms with Gasteiger partial charge in [0.25, 0.3) is 0 Å². The minimum atomic E-state index is -0.754. The van der Waals surface area contributed by atoms with Crippen molar-refractivity contribution in [2.45, 2.75) is 38.3 Å². The third-order valence-corrected chi connectivity index (χ3v) is 4.85. The maximum atomic E-state index is 10.9. The predicted molar refractivity (Wildman–Crippen MR) is 89.3 cm³/mol. The number of carboxylic acid groups (broad SMARTS) is 1. The van der Waals surface area contributed by atoms with Gasteiger partial charge in [-0.05, 0) is 57.5 Å². The molecule has 1 heterocycles. The van der Waals surface area contributed by atoms with E-state index in [1.807, 2.05) is 30.1 Å². The van der Waals surface area contributed by atoms with Crippen LogP contribution in [-0.4, -0.2) is 53.6 Å². The summed E-state index contributed by atoms with van der Waals surface area (Å²) >= 11 is 6.09. The summed E-state index contributed by atoms with van der Waals surface area (Å²) in [5, 5.41) is 9.71. The lowest BCUT2D eigenvalue weighted by molar-refractivity contribution is -0.138. The van der Waals surface area contributed by atoms with E-state index < -0.39 is 5.97 Å². The molecule has 2 unspecified atom stereocenters. The second-order valence-corrected chi connectivity index (χ2v) is 6.60. The van der Waals surface area contributed by atoms with Crippen LogP contribution in [0.4, 0.5) is 0 Å². The zero-order valence-electron chi connectivity index (χ0n) is 13.3. The van der Waals surface area contributed by atoms with Crippen molar-refractivity contribution in [2.75, 3.05) is 26.7 Å². The van der Waals surface area contributed by atoms with Gasteiger partial charge in [0, 0.05) is 23.7 Å². The molecular formula is C17H25ClN2O2. The van der Waals surface area contributed by atoms with Crippen LogP contribution in [0, 0.1) is 0 Å². The lowest BCUT2D eigenvalue weighted by Gasteiger charge is -2.29. The molecule has 0 spiro atoms. The van der Waals surface area contributed by atoms with Crippen LogP contribution >= 0.6 is 11.6 Å². The highest BCUT2D eigenvalue weighted by molar-refractivity contribution is 6.30. The Balaban J connectivity index is 1.96. The van der Waals surface area contributed by atoms with Crippen LogP contribution in [-0.2, 0) is 4.79 Å². The standard InChI is InChI=1S/C17H25ClN2O2/c1-13(14-5-3-6-15(18)11-14)20-9-4-7-16(8-10-20)19(2)12-17(21)22/h3,5-6,11,13,16H,4,7-10,12H2,1-2H3,(H,21,22). The van der Waals surface area contributed by atoms with Crippen molar-refractivity contribution >= 4 is 17.6 Å². The molecule has 2 atom stereocenters. The summed E-state index contributed by atoms with van der Waals surface area (Å²) in [6, 6.07) is 8.74. The Morgan fingerprint density at radius 3 is 2.91 bits per heavy atom. The van der Waals surface area contributed by atoms with Crippen molar-refractivity contribution in [1.82, 2.24) is 9.80 Å². The summed E-state index contributed by atoms with van der Waals surface area (Å²) in [6.07, 6.45) is 3.16. The van der Waals surface area contributed by atoms with Crippen LogP contribution in [0.15, 0.2) is 24.3 Å². The average Bonchev–Trinajstić information content (AvgIpc) is 2.71. The third kappa shape index (κ3) is 4.70. The van der Waals surface area contributed by atoms with Crippen LogP contribution in [0.3, 0.4) is 0 Å². The molecule has 0 radical (unpaired) electrons. The number of halogens is 1. The van der Waals surface area contributed by atoms with Crippen LogP contribution < -0.4 is 0 Å². The van der Waals surface area contributed by atoms with E-state index in [1.165, 1.54) is 5.56 Å². The van der Waals surface area contributed by atoms with Gasteiger partial charge in [0.15, 0.2) is 0 Å². The number of benzene rings is 1. The van der Waals surface area contributed by atoms with Gasteiger partial charge in [0.05, 0.1) is 6.54 Å². The first-order chi connectivity index (χ1) is 10.5. The fourth-order valence-electron chi connectivity index (χ4n) is 3.25. The minimum absolute atomic E-state index is 0.120. The van der Waals surface area contributed by atoms with Gasteiger partial charge in [-0.1, -0.05) is 23.7 Å². The van der Waals surface area contributed by atoms with Crippen LogP contribution in [0.5, 0.6) is 0 Å². The SMILES string of the molecule is CC(c1cccc(Cl)c1)N1CCCC(N(C)CC(=O)O)CC1. The highest BCUT2D eigenvalue weighted by Gasteiger charge is 2.24. The van der Waals surface area contributed by atoms with E-state index in [1.54, 1.807) is 0 Å². The van der Waals surface area contributed by atoms with E-state index in [0.717, 1.165) is 37.4 Å². The van der Waals surface area contributed by atoms with Gasteiger partial charge in [-0.15, -0.1) is 0 Å². The molecule has 1 aromatic carbocycles. The third-order valence-electron chi connectivity index (χ3n) is 4.62. The molecule has 1 aliphatic rings. The first-order valence-corrected chi connectivity index (χ1v) is 8.26. The van der Waals surface area contributed by atoms with Crippen molar-refractivity contribution in [3.05, 3.63) is 34.9 Å². The number of hydrogen-bond acceptors (Lipinski definition) is 3. The first kappa shape index (κ1) is 17.3. The molecule has 122 valence electrons. The average molecular weight is 325 g/mol. The molecule has 1 saturated heterocycles. The number of rotatable bonds is 5. The summed E-state index contributed by atoms with van der Waals surface area (Å²) in [6.45, 7) is 4.37. The number of hydrogen-bond donors (Lipinski definition) is 1. The van der Waals surface area contributed by atoms with E-state index in [9.17, 15) is 4.79 Å². The second-order valence-electron chi connectivity index (χ2n) is 6.16. The van der Waals surface area contributed by atoms with Gasteiger partial charge in [-0.25, -0.2) is 0 Å². The molecular weight excluding hydrogens is 300 g/mol. The van der Waals surface area contributed by atoms with Crippen molar-refractivity contribution < 1.29 is 9.90 Å². The van der Waals surface area contributed by atoms with Gasteiger partial charge in [0.1, 0.15) is 0 Å². The number of carbonyl (C=O) groups is 1. The number of aliphatic carboxylic acids is 1. The molecule has 0 amide bonds. The molecule has 22 heavy (non-hydrogen) atoms. The Morgan fingerprint density at radius 2 is 2.23 bits per heavy atom. The molecule has 0 bridgehead atoms. The van der Waals surface area contributed by atoms with Gasteiger partial charge in [-0.3, -0.25) is 14.6 Å². The number of nitrogens with zero attached hydrogens (tertiary/aromatic N) is 2. The normalized spacial score (nSPS) is 21.5. The van der Waals surface area contributed by atoms with Crippen LogP contribution in [0.2, 0.25) is 5.02 Å². The Kier molecular flexibility index (Phi) is 6.24. The lowest BCUT2D eigenvalue weighted by atomic mass is 10.1.